The van der Waals surface area contributed by atoms with Crippen LogP contribution in [0.1, 0.15) is 75.7 Å². The molecular formula is C34H32N6O2S2. The standard InChI is InChI=1S/C34H32N6O2S2/c1-34(36-32(41)28-12-4-5-13-30(28)43-3,33-37-39-40(38-33)21-24-14-17-27(42-2)18-15-24)26-11-6-8-23(20-26)16-19-31-35-29(22-44-31)25-9-7-10-25/h4-6,8,11-15,17-18,20,22,25H,7,9-10,21H2,1-3H3,(H,36,41). The molecule has 1 aliphatic rings. The summed E-state index contributed by atoms with van der Waals surface area (Å²) in [5, 5.41) is 19.7. The Morgan fingerprint density at radius 3 is 2.68 bits per heavy atom. The normalized spacial score (nSPS) is 14.2. The number of thioether (sulfide) groups is 1. The first-order chi connectivity index (χ1) is 21.4. The van der Waals surface area contributed by atoms with E-state index in [9.17, 15) is 4.79 Å². The molecule has 3 aromatic carbocycles. The highest BCUT2D eigenvalue weighted by atomic mass is 32.2. The maximum absolute atomic E-state index is 13.8. The number of rotatable bonds is 9. The molecule has 0 saturated heterocycles. The van der Waals surface area contributed by atoms with Crippen molar-refractivity contribution in [2.45, 2.75) is 49.1 Å². The zero-order valence-electron chi connectivity index (χ0n) is 24.8. The summed E-state index contributed by atoms with van der Waals surface area (Å²) < 4.78 is 5.27. The number of ether oxygens (including phenoxy) is 1. The van der Waals surface area contributed by atoms with Crippen molar-refractivity contribution >= 4 is 29.0 Å². The molecule has 0 spiro atoms. The van der Waals surface area contributed by atoms with Crippen molar-refractivity contribution in [1.82, 2.24) is 30.5 Å². The smallest absolute Gasteiger partial charge is 0.253 e. The van der Waals surface area contributed by atoms with E-state index in [-0.39, 0.29) is 5.91 Å². The van der Waals surface area contributed by atoms with E-state index in [2.05, 4.69) is 32.8 Å². The quantitative estimate of drug-likeness (QED) is 0.153. The van der Waals surface area contributed by atoms with Gasteiger partial charge in [0.1, 0.15) is 11.3 Å². The molecule has 5 aromatic rings. The molecule has 1 unspecified atom stereocenters. The molecule has 0 radical (unpaired) electrons. The number of carbonyl (C=O) groups excluding carboxylic acids is 1. The Morgan fingerprint density at radius 1 is 1.11 bits per heavy atom. The number of aromatic nitrogens is 5. The summed E-state index contributed by atoms with van der Waals surface area (Å²) in [6.45, 7) is 2.32. The zero-order chi connectivity index (χ0) is 30.5. The molecule has 1 atom stereocenters. The zero-order valence-corrected chi connectivity index (χ0v) is 26.4. The first-order valence-electron chi connectivity index (χ1n) is 14.4. The number of hydrogen-bond acceptors (Lipinski definition) is 8. The van der Waals surface area contributed by atoms with Crippen LogP contribution in [0.5, 0.6) is 5.75 Å². The van der Waals surface area contributed by atoms with Gasteiger partial charge in [0, 0.05) is 21.8 Å². The molecule has 8 nitrogen and oxygen atoms in total. The van der Waals surface area contributed by atoms with Gasteiger partial charge in [0.05, 0.1) is 24.9 Å². The van der Waals surface area contributed by atoms with Gasteiger partial charge in [-0.1, -0.05) is 48.7 Å². The molecule has 1 amide bonds. The van der Waals surface area contributed by atoms with Gasteiger partial charge >= 0.3 is 0 Å². The van der Waals surface area contributed by atoms with E-state index in [0.29, 0.717) is 23.9 Å². The number of benzene rings is 3. The number of amides is 1. The number of hydrogen-bond donors (Lipinski definition) is 1. The van der Waals surface area contributed by atoms with Crippen molar-refractivity contribution in [2.24, 2.45) is 0 Å². The number of nitrogens with one attached hydrogen (secondary N) is 1. The van der Waals surface area contributed by atoms with Crippen molar-refractivity contribution in [2.75, 3.05) is 13.4 Å². The highest BCUT2D eigenvalue weighted by molar-refractivity contribution is 7.98. The Morgan fingerprint density at radius 2 is 1.93 bits per heavy atom. The molecule has 6 rings (SSSR count). The van der Waals surface area contributed by atoms with Gasteiger partial charge in [0.15, 0.2) is 5.01 Å². The summed E-state index contributed by atoms with van der Waals surface area (Å²) in [6, 6.07) is 23.1. The van der Waals surface area contributed by atoms with Crippen LogP contribution in [0.15, 0.2) is 83.1 Å². The van der Waals surface area contributed by atoms with Gasteiger partial charge in [-0.2, -0.15) is 4.80 Å². The van der Waals surface area contributed by atoms with Crippen molar-refractivity contribution in [1.29, 1.82) is 0 Å². The minimum Gasteiger partial charge on any atom is -0.497 e. The summed E-state index contributed by atoms with van der Waals surface area (Å²) in [5.74, 6) is 8.01. The van der Waals surface area contributed by atoms with Crippen molar-refractivity contribution < 1.29 is 9.53 Å². The monoisotopic (exact) mass is 620 g/mol. The molecule has 10 heteroatoms. The molecular weight excluding hydrogens is 589 g/mol. The van der Waals surface area contributed by atoms with E-state index in [1.165, 1.54) is 35.8 Å². The van der Waals surface area contributed by atoms with E-state index >= 15 is 0 Å². The van der Waals surface area contributed by atoms with Crippen LogP contribution < -0.4 is 10.1 Å². The van der Waals surface area contributed by atoms with Gasteiger partial charge in [0.2, 0.25) is 5.82 Å². The molecule has 1 N–H and O–H groups in total. The minimum atomic E-state index is -1.10. The van der Waals surface area contributed by atoms with Gasteiger partial charge in [-0.25, -0.2) is 4.98 Å². The average Bonchev–Trinajstić information content (AvgIpc) is 3.70. The second-order valence-corrected chi connectivity index (χ2v) is 12.5. The minimum absolute atomic E-state index is 0.230. The van der Waals surface area contributed by atoms with Crippen LogP contribution in [0.4, 0.5) is 0 Å². The number of thiazole rings is 1. The van der Waals surface area contributed by atoms with Crippen molar-refractivity contribution in [3.8, 4) is 17.6 Å². The first-order valence-corrected chi connectivity index (χ1v) is 16.5. The predicted octanol–water partition coefficient (Wildman–Crippen LogP) is 6.27. The second-order valence-electron chi connectivity index (χ2n) is 10.8. The van der Waals surface area contributed by atoms with Gasteiger partial charge in [-0.3, -0.25) is 4.79 Å². The lowest BCUT2D eigenvalue weighted by Gasteiger charge is -2.29. The van der Waals surface area contributed by atoms with Crippen LogP contribution in [-0.2, 0) is 12.1 Å². The Hall–Kier alpha value is -4.46. The lowest BCUT2D eigenvalue weighted by Crippen LogP contribution is -2.45. The van der Waals surface area contributed by atoms with E-state index in [0.717, 1.165) is 38.0 Å². The topological polar surface area (TPSA) is 94.8 Å². The van der Waals surface area contributed by atoms with Crippen LogP contribution in [0.2, 0.25) is 0 Å². The number of nitrogens with zero attached hydrogens (tertiary/aromatic N) is 5. The third-order valence-electron chi connectivity index (χ3n) is 7.90. The Balaban J connectivity index is 1.32. The summed E-state index contributed by atoms with van der Waals surface area (Å²) in [4.78, 5) is 20.9. The molecule has 1 saturated carbocycles. The highest BCUT2D eigenvalue weighted by Gasteiger charge is 2.36. The number of methoxy groups -OCH3 is 1. The van der Waals surface area contributed by atoms with Crippen molar-refractivity contribution in [3.05, 3.63) is 117 Å². The summed E-state index contributed by atoms with van der Waals surface area (Å²) in [5.41, 5.74) is 3.23. The van der Waals surface area contributed by atoms with E-state index in [1.807, 2.05) is 86.0 Å². The van der Waals surface area contributed by atoms with Gasteiger partial charge in [-0.15, -0.1) is 33.3 Å². The Kier molecular flexibility index (Phi) is 8.77. The van der Waals surface area contributed by atoms with E-state index in [1.54, 1.807) is 18.4 Å². The maximum Gasteiger partial charge on any atom is 0.253 e. The van der Waals surface area contributed by atoms with Crippen LogP contribution in [-0.4, -0.2) is 44.5 Å². The molecule has 1 fully saturated rings. The third kappa shape index (κ3) is 6.39. The largest absolute Gasteiger partial charge is 0.497 e. The molecule has 222 valence electrons. The SMILES string of the molecule is COc1ccc(Cn2nnc(C(C)(NC(=O)c3ccccc3SC)c3cccc(C#Cc4nc(C5CCC5)cs4)c3)n2)cc1. The fourth-order valence-corrected chi connectivity index (χ4v) is 6.40. The fourth-order valence-electron chi connectivity index (χ4n) is 5.06. The van der Waals surface area contributed by atoms with Crippen molar-refractivity contribution in [3.63, 3.8) is 0 Å². The van der Waals surface area contributed by atoms with Crippen LogP contribution in [0, 0.1) is 11.8 Å². The lowest BCUT2D eigenvalue weighted by molar-refractivity contribution is 0.0912. The fraction of sp³-hybridized carbons (Fsp3) is 0.265. The number of tetrazole rings is 1. The number of carbonyl (C=O) groups is 1. The molecule has 44 heavy (non-hydrogen) atoms. The molecule has 2 aromatic heterocycles. The average molecular weight is 621 g/mol. The lowest BCUT2D eigenvalue weighted by atomic mass is 9.83. The summed E-state index contributed by atoms with van der Waals surface area (Å²) in [7, 11) is 1.64. The van der Waals surface area contributed by atoms with E-state index < -0.39 is 5.54 Å². The van der Waals surface area contributed by atoms with Gasteiger partial charge < -0.3 is 10.1 Å². The van der Waals surface area contributed by atoms with Gasteiger partial charge in [0.25, 0.3) is 5.91 Å². The highest BCUT2D eigenvalue weighted by Crippen LogP contribution is 2.36. The maximum atomic E-state index is 13.8. The van der Waals surface area contributed by atoms with Crippen LogP contribution in [0.3, 0.4) is 0 Å². The van der Waals surface area contributed by atoms with Gasteiger partial charge in [-0.05, 0) is 84.7 Å². The van der Waals surface area contributed by atoms with Crippen LogP contribution >= 0.6 is 23.1 Å². The molecule has 1 aliphatic carbocycles. The van der Waals surface area contributed by atoms with E-state index in [4.69, 9.17) is 14.8 Å². The summed E-state index contributed by atoms with van der Waals surface area (Å²) >= 11 is 3.11. The Bertz CT molecular complexity index is 1830. The molecule has 0 bridgehead atoms. The Labute approximate surface area is 265 Å². The summed E-state index contributed by atoms with van der Waals surface area (Å²) in [6.07, 6.45) is 5.65. The van der Waals surface area contributed by atoms with Crippen LogP contribution in [0.25, 0.3) is 0 Å². The molecule has 2 heterocycles. The third-order valence-corrected chi connectivity index (χ3v) is 9.47. The second kappa shape index (κ2) is 13.0. The molecule has 0 aliphatic heterocycles. The predicted molar refractivity (Wildman–Crippen MR) is 173 cm³/mol. The first kappa shape index (κ1) is 29.6.